The molecule has 0 bridgehead atoms. The molecule has 1 aliphatic heterocycles. The van der Waals surface area contributed by atoms with Crippen LogP contribution in [0.3, 0.4) is 0 Å². The molecule has 15 nitrogen and oxygen atoms in total. The van der Waals surface area contributed by atoms with Crippen LogP contribution in [0, 0.1) is 0 Å². The topological polar surface area (TPSA) is 171 Å². The van der Waals surface area contributed by atoms with Gasteiger partial charge < -0.3 is 19.1 Å². The fourth-order valence-corrected chi connectivity index (χ4v) is 4.10. The van der Waals surface area contributed by atoms with E-state index in [4.69, 9.17) is 0 Å². The third-order valence-corrected chi connectivity index (χ3v) is 5.88. The molecule has 2 rings (SSSR count). The third-order valence-electron chi connectivity index (χ3n) is 4.46. The van der Waals surface area contributed by atoms with Crippen molar-refractivity contribution in [1.82, 2.24) is 25.7 Å². The van der Waals surface area contributed by atoms with Crippen molar-refractivity contribution in [1.29, 1.82) is 0 Å². The Labute approximate surface area is 214 Å². The fraction of sp³-hybridized carbons (Fsp3) is 0.368. The number of amides is 3. The Morgan fingerprint density at radius 2 is 1.79 bits per heavy atom. The number of ether oxygens (including phenoxy) is 3. The summed E-state index contributed by atoms with van der Waals surface area (Å²) in [5, 5.41) is 4.10. The minimum atomic E-state index is -4.91. The molecule has 0 fully saturated rings. The first-order valence-corrected chi connectivity index (χ1v) is 11.7. The Hall–Kier alpha value is -4.42. The number of anilines is 1. The van der Waals surface area contributed by atoms with Crippen LogP contribution in [0.25, 0.3) is 0 Å². The number of benzene rings is 1. The highest BCUT2D eigenvalue weighted by Gasteiger charge is 2.33. The van der Waals surface area contributed by atoms with Crippen LogP contribution < -0.4 is 20.5 Å². The number of carbonyl (C=O) groups is 3. The second kappa shape index (κ2) is 11.8. The SMILES string of the molecule is COC(=O)c1cccc(N(C)C(=O)OC)c1S(=O)(=O)NC(=O)NN1N=C(OCC(F)(F)F)C=C(N(C)C)N1. The zero-order valence-electron chi connectivity index (χ0n) is 20.6. The van der Waals surface area contributed by atoms with E-state index >= 15 is 0 Å². The fourth-order valence-electron chi connectivity index (χ4n) is 2.79. The normalized spacial score (nSPS) is 13.3. The summed E-state index contributed by atoms with van der Waals surface area (Å²) in [5.41, 5.74) is 3.59. The Balaban J connectivity index is 2.37. The second-order valence-electron chi connectivity index (χ2n) is 7.41. The smallest absolute Gasteiger partial charge is 0.422 e. The van der Waals surface area contributed by atoms with E-state index in [1.54, 1.807) is 4.72 Å². The molecule has 19 heteroatoms. The van der Waals surface area contributed by atoms with Gasteiger partial charge in [-0.15, -0.1) is 5.23 Å². The van der Waals surface area contributed by atoms with Crippen molar-refractivity contribution in [3.05, 3.63) is 35.7 Å². The van der Waals surface area contributed by atoms with E-state index in [9.17, 15) is 36.0 Å². The average molecular weight is 568 g/mol. The molecular weight excluding hydrogens is 543 g/mol. The molecule has 0 atom stereocenters. The molecule has 0 saturated carbocycles. The molecule has 38 heavy (non-hydrogen) atoms. The van der Waals surface area contributed by atoms with E-state index in [2.05, 4.69) is 24.7 Å². The number of methoxy groups -OCH3 is 2. The number of esters is 1. The number of rotatable bonds is 7. The van der Waals surface area contributed by atoms with E-state index in [0.29, 0.717) is 5.23 Å². The van der Waals surface area contributed by atoms with Gasteiger partial charge in [0, 0.05) is 27.2 Å². The molecule has 0 aliphatic carbocycles. The monoisotopic (exact) mass is 567 g/mol. The molecule has 0 radical (unpaired) electrons. The van der Waals surface area contributed by atoms with Crippen molar-refractivity contribution in [3.8, 4) is 0 Å². The lowest BCUT2D eigenvalue weighted by molar-refractivity contribution is -0.156. The lowest BCUT2D eigenvalue weighted by Crippen LogP contribution is -2.54. The van der Waals surface area contributed by atoms with Crippen molar-refractivity contribution in [2.24, 2.45) is 5.10 Å². The molecule has 1 aliphatic rings. The number of halogens is 3. The maximum atomic E-state index is 13.2. The maximum Gasteiger partial charge on any atom is 0.422 e. The van der Waals surface area contributed by atoms with E-state index in [-0.39, 0.29) is 11.5 Å². The van der Waals surface area contributed by atoms with Crippen molar-refractivity contribution >= 4 is 39.7 Å². The van der Waals surface area contributed by atoms with Crippen LogP contribution in [0.15, 0.2) is 40.1 Å². The van der Waals surface area contributed by atoms with Gasteiger partial charge in [-0.3, -0.25) is 4.90 Å². The number of hydrogen-bond acceptors (Lipinski definition) is 12. The number of hydrazine groups is 2. The molecule has 1 aromatic carbocycles. The van der Waals surface area contributed by atoms with Crippen LogP contribution in [0.5, 0.6) is 0 Å². The highest BCUT2D eigenvalue weighted by Crippen LogP contribution is 2.29. The Bertz CT molecular complexity index is 1250. The van der Waals surface area contributed by atoms with Gasteiger partial charge in [0.05, 0.1) is 25.5 Å². The minimum Gasteiger partial charge on any atom is -0.467 e. The predicted octanol–water partition coefficient (Wildman–Crippen LogP) is 0.694. The van der Waals surface area contributed by atoms with E-state index < -0.39 is 57.3 Å². The van der Waals surface area contributed by atoms with Gasteiger partial charge in [0.15, 0.2) is 6.61 Å². The van der Waals surface area contributed by atoms with Crippen molar-refractivity contribution in [3.63, 3.8) is 0 Å². The molecule has 210 valence electrons. The molecule has 3 amide bonds. The van der Waals surface area contributed by atoms with Gasteiger partial charge >= 0.3 is 24.3 Å². The number of sulfonamides is 1. The quantitative estimate of drug-likeness (QED) is 0.396. The number of nitrogens with one attached hydrogen (secondary N) is 3. The lowest BCUT2D eigenvalue weighted by Gasteiger charge is -2.29. The lowest BCUT2D eigenvalue weighted by atomic mass is 10.2. The number of nitrogens with zero attached hydrogens (tertiary/aromatic N) is 4. The summed E-state index contributed by atoms with van der Waals surface area (Å²) in [4.78, 5) is 38.3. The van der Waals surface area contributed by atoms with Gasteiger partial charge in [0.1, 0.15) is 10.7 Å². The van der Waals surface area contributed by atoms with Gasteiger partial charge in [-0.2, -0.15) is 13.2 Å². The molecule has 0 saturated heterocycles. The summed E-state index contributed by atoms with van der Waals surface area (Å²) in [5.74, 6) is -1.55. The number of urea groups is 1. The van der Waals surface area contributed by atoms with Crippen molar-refractivity contribution < 1.29 is 50.2 Å². The van der Waals surface area contributed by atoms with Crippen LogP contribution in [0.2, 0.25) is 0 Å². The molecule has 1 heterocycles. The van der Waals surface area contributed by atoms with Gasteiger partial charge in [-0.25, -0.2) is 38.4 Å². The highest BCUT2D eigenvalue weighted by molar-refractivity contribution is 7.90. The van der Waals surface area contributed by atoms with Crippen molar-refractivity contribution in [2.75, 3.05) is 46.9 Å². The van der Waals surface area contributed by atoms with Crippen LogP contribution in [0.1, 0.15) is 10.4 Å². The summed E-state index contributed by atoms with van der Waals surface area (Å²) in [6.45, 7) is -1.68. The summed E-state index contributed by atoms with van der Waals surface area (Å²) in [7, 11) is 1.30. The number of hydrazone groups is 1. The van der Waals surface area contributed by atoms with Crippen LogP contribution in [-0.2, 0) is 24.2 Å². The Kier molecular flexibility index (Phi) is 9.22. The largest absolute Gasteiger partial charge is 0.467 e. The van der Waals surface area contributed by atoms with Crippen molar-refractivity contribution in [2.45, 2.75) is 11.1 Å². The maximum absolute atomic E-state index is 13.2. The van der Waals surface area contributed by atoms with E-state index in [0.717, 1.165) is 38.3 Å². The zero-order chi connectivity index (χ0) is 28.8. The number of hydrogen-bond donors (Lipinski definition) is 3. The van der Waals surface area contributed by atoms with Crippen LogP contribution in [0.4, 0.5) is 28.4 Å². The molecule has 0 aromatic heterocycles. The van der Waals surface area contributed by atoms with Gasteiger partial charge in [-0.1, -0.05) is 11.2 Å². The third kappa shape index (κ3) is 7.54. The minimum absolute atomic E-state index is 0.110. The first-order valence-electron chi connectivity index (χ1n) is 10.2. The molecule has 0 spiro atoms. The van der Waals surface area contributed by atoms with Gasteiger partial charge in [0.2, 0.25) is 5.90 Å². The summed E-state index contributed by atoms with van der Waals surface area (Å²) < 4.78 is 79.5. The van der Waals surface area contributed by atoms with Gasteiger partial charge in [-0.05, 0) is 12.1 Å². The molecule has 0 unspecified atom stereocenters. The molecule has 3 N–H and O–H groups in total. The summed E-state index contributed by atoms with van der Waals surface area (Å²) >= 11 is 0. The van der Waals surface area contributed by atoms with E-state index in [1.165, 1.54) is 31.1 Å². The summed E-state index contributed by atoms with van der Waals surface area (Å²) in [6.07, 6.45) is -4.57. The summed E-state index contributed by atoms with van der Waals surface area (Å²) in [6, 6.07) is 2.07. The molecular formula is C19H24F3N7O8S. The Morgan fingerprint density at radius 1 is 1.13 bits per heavy atom. The highest BCUT2D eigenvalue weighted by atomic mass is 32.2. The average Bonchev–Trinajstić information content (AvgIpc) is 2.84. The van der Waals surface area contributed by atoms with Gasteiger partial charge in [0.25, 0.3) is 10.0 Å². The van der Waals surface area contributed by atoms with Crippen LogP contribution in [-0.4, -0.2) is 90.7 Å². The van der Waals surface area contributed by atoms with E-state index in [1.807, 2.05) is 5.43 Å². The second-order valence-corrected chi connectivity index (χ2v) is 9.03. The predicted molar refractivity (Wildman–Crippen MR) is 124 cm³/mol. The first-order chi connectivity index (χ1) is 17.6. The van der Waals surface area contributed by atoms with Crippen LogP contribution >= 0.6 is 0 Å². The number of carbonyl (C=O) groups excluding carboxylic acids is 3. The Morgan fingerprint density at radius 3 is 2.34 bits per heavy atom. The molecule has 1 aromatic rings. The number of alkyl halides is 3. The zero-order valence-corrected chi connectivity index (χ0v) is 21.4. The first kappa shape index (κ1) is 29.8. The standard InChI is InChI=1S/C19H24F3N7O8S/c1-27(2)13-9-14(37-10-19(20,21)22)24-29(23-13)25-17(31)26-38(33,34)15-11(16(30)35-4)7-6-8-12(15)28(3)18(32)36-5/h6-9,23H,10H2,1-5H3,(H2,25,26,31).